The van der Waals surface area contributed by atoms with E-state index < -0.39 is 0 Å². The van der Waals surface area contributed by atoms with E-state index in [4.69, 9.17) is 4.74 Å². The summed E-state index contributed by atoms with van der Waals surface area (Å²) in [5.41, 5.74) is 1.27. The largest absolute Gasteiger partial charge is 0.383 e. The van der Waals surface area contributed by atoms with Gasteiger partial charge in [-0.3, -0.25) is 14.7 Å². The molecule has 20 heavy (non-hydrogen) atoms. The molecule has 2 aliphatic rings. The van der Waals surface area contributed by atoms with Crippen molar-refractivity contribution >= 4 is 5.91 Å². The van der Waals surface area contributed by atoms with Crippen LogP contribution in [0.15, 0.2) is 24.5 Å². The molecule has 108 valence electrons. The van der Waals surface area contributed by atoms with Gasteiger partial charge in [0.1, 0.15) is 0 Å². The molecule has 0 aromatic carbocycles. The fourth-order valence-corrected chi connectivity index (χ4v) is 3.31. The van der Waals surface area contributed by atoms with Gasteiger partial charge in [0.2, 0.25) is 5.91 Å². The van der Waals surface area contributed by atoms with Crippen LogP contribution in [-0.2, 0) is 16.1 Å². The van der Waals surface area contributed by atoms with Crippen molar-refractivity contribution in [2.45, 2.75) is 6.54 Å². The smallest absolute Gasteiger partial charge is 0.227 e. The van der Waals surface area contributed by atoms with Gasteiger partial charge in [0, 0.05) is 58.1 Å². The van der Waals surface area contributed by atoms with E-state index in [0.717, 1.165) is 32.7 Å². The molecule has 2 saturated heterocycles. The maximum Gasteiger partial charge on any atom is 0.227 e. The van der Waals surface area contributed by atoms with Crippen molar-refractivity contribution in [3.63, 3.8) is 0 Å². The lowest BCUT2D eigenvalue weighted by atomic mass is 10.0. The first-order valence-corrected chi connectivity index (χ1v) is 7.17. The van der Waals surface area contributed by atoms with Gasteiger partial charge >= 0.3 is 0 Å². The molecule has 0 radical (unpaired) electrons. The van der Waals surface area contributed by atoms with E-state index >= 15 is 0 Å². The van der Waals surface area contributed by atoms with Crippen molar-refractivity contribution in [3.8, 4) is 0 Å². The third-order valence-corrected chi connectivity index (χ3v) is 4.32. The predicted octanol–water partition coefficient (Wildman–Crippen LogP) is 0.618. The van der Waals surface area contributed by atoms with Crippen molar-refractivity contribution in [2.75, 3.05) is 39.9 Å². The molecule has 0 bridgehead atoms. The van der Waals surface area contributed by atoms with E-state index in [1.807, 2.05) is 29.4 Å². The van der Waals surface area contributed by atoms with Gasteiger partial charge < -0.3 is 9.64 Å². The first-order chi connectivity index (χ1) is 9.78. The van der Waals surface area contributed by atoms with Crippen LogP contribution in [0.1, 0.15) is 5.56 Å². The molecule has 3 heterocycles. The van der Waals surface area contributed by atoms with Crippen molar-refractivity contribution in [2.24, 2.45) is 11.8 Å². The lowest BCUT2D eigenvalue weighted by Crippen LogP contribution is -2.34. The summed E-state index contributed by atoms with van der Waals surface area (Å²) in [6, 6.07) is 4.08. The van der Waals surface area contributed by atoms with Gasteiger partial charge in [0.15, 0.2) is 0 Å². The average Bonchev–Trinajstić information content (AvgIpc) is 2.97. The number of fused-ring (bicyclic) bond motifs is 1. The number of pyridine rings is 1. The number of rotatable bonds is 5. The molecule has 3 rings (SSSR count). The van der Waals surface area contributed by atoms with Crippen LogP contribution in [0, 0.1) is 11.8 Å². The Morgan fingerprint density at radius 3 is 2.80 bits per heavy atom. The van der Waals surface area contributed by atoms with Crippen LogP contribution in [0.4, 0.5) is 0 Å². The van der Waals surface area contributed by atoms with Gasteiger partial charge in [-0.25, -0.2) is 0 Å². The lowest BCUT2D eigenvalue weighted by Gasteiger charge is -2.21. The van der Waals surface area contributed by atoms with Gasteiger partial charge in [0.05, 0.1) is 12.5 Å². The molecule has 2 atom stereocenters. The summed E-state index contributed by atoms with van der Waals surface area (Å²) >= 11 is 0. The van der Waals surface area contributed by atoms with Crippen LogP contribution >= 0.6 is 0 Å². The molecule has 0 saturated carbocycles. The van der Waals surface area contributed by atoms with Crippen LogP contribution in [0.2, 0.25) is 0 Å². The quantitative estimate of drug-likeness (QED) is 0.790. The van der Waals surface area contributed by atoms with Crippen LogP contribution in [-0.4, -0.2) is 60.6 Å². The molecule has 2 fully saturated rings. The minimum Gasteiger partial charge on any atom is -0.383 e. The molecule has 2 aliphatic heterocycles. The molecule has 5 heteroatoms. The summed E-state index contributed by atoms with van der Waals surface area (Å²) in [5, 5.41) is 0. The summed E-state index contributed by atoms with van der Waals surface area (Å²) < 4.78 is 5.06. The van der Waals surface area contributed by atoms with Crippen molar-refractivity contribution in [1.29, 1.82) is 0 Å². The highest BCUT2D eigenvalue weighted by Crippen LogP contribution is 2.32. The van der Waals surface area contributed by atoms with E-state index in [-0.39, 0.29) is 5.92 Å². The monoisotopic (exact) mass is 275 g/mol. The summed E-state index contributed by atoms with van der Waals surface area (Å²) in [4.78, 5) is 20.7. The maximum atomic E-state index is 12.3. The minimum atomic E-state index is 0.189. The Morgan fingerprint density at radius 2 is 2.10 bits per heavy atom. The number of nitrogens with zero attached hydrogens (tertiary/aromatic N) is 3. The van der Waals surface area contributed by atoms with E-state index in [9.17, 15) is 4.79 Å². The van der Waals surface area contributed by atoms with Crippen LogP contribution < -0.4 is 0 Å². The summed E-state index contributed by atoms with van der Waals surface area (Å²) in [7, 11) is 1.68. The zero-order chi connectivity index (χ0) is 13.9. The first-order valence-electron chi connectivity index (χ1n) is 7.17. The third kappa shape index (κ3) is 2.69. The Bertz CT molecular complexity index is 465. The molecule has 1 aromatic rings. The van der Waals surface area contributed by atoms with Crippen molar-refractivity contribution in [3.05, 3.63) is 30.1 Å². The first kappa shape index (κ1) is 13.5. The number of methoxy groups -OCH3 is 1. The standard InChI is InChI=1S/C15H21N3O2/c1-20-7-6-18-10-13-9-17(11-14(13)15(18)19)8-12-2-4-16-5-3-12/h2-5,13-14H,6-11H2,1H3/t13-,14-/m0/s1. The lowest BCUT2D eigenvalue weighted by molar-refractivity contribution is -0.131. The van der Waals surface area contributed by atoms with Gasteiger partial charge in [-0.05, 0) is 17.7 Å². The van der Waals surface area contributed by atoms with Gasteiger partial charge in [-0.2, -0.15) is 0 Å². The maximum absolute atomic E-state index is 12.3. The molecule has 0 aliphatic carbocycles. The number of likely N-dealkylation sites (tertiary alicyclic amines) is 2. The summed E-state index contributed by atoms with van der Waals surface area (Å²) in [5.74, 6) is 0.985. The fourth-order valence-electron chi connectivity index (χ4n) is 3.31. The highest BCUT2D eigenvalue weighted by molar-refractivity contribution is 5.82. The molecule has 5 nitrogen and oxygen atoms in total. The van der Waals surface area contributed by atoms with Gasteiger partial charge in [-0.1, -0.05) is 0 Å². The number of hydrogen-bond donors (Lipinski definition) is 0. The van der Waals surface area contributed by atoms with Gasteiger partial charge in [0.25, 0.3) is 0 Å². The molecular weight excluding hydrogens is 254 g/mol. The average molecular weight is 275 g/mol. The summed E-state index contributed by atoms with van der Waals surface area (Å²) in [6.07, 6.45) is 3.65. The predicted molar refractivity (Wildman–Crippen MR) is 75.0 cm³/mol. The number of hydrogen-bond acceptors (Lipinski definition) is 4. The number of carbonyl (C=O) groups is 1. The second kappa shape index (κ2) is 5.89. The topological polar surface area (TPSA) is 45.7 Å². The van der Waals surface area contributed by atoms with E-state index in [1.54, 1.807) is 7.11 Å². The fraction of sp³-hybridized carbons (Fsp3) is 0.600. The third-order valence-electron chi connectivity index (χ3n) is 4.32. The Kier molecular flexibility index (Phi) is 3.98. The normalized spacial score (nSPS) is 26.2. The van der Waals surface area contributed by atoms with Crippen molar-refractivity contribution in [1.82, 2.24) is 14.8 Å². The highest BCUT2D eigenvalue weighted by atomic mass is 16.5. The Hall–Kier alpha value is -1.46. The molecule has 0 N–H and O–H groups in total. The molecule has 0 unspecified atom stereocenters. The molecule has 1 amide bonds. The second-order valence-electron chi connectivity index (χ2n) is 5.69. The number of amides is 1. The SMILES string of the molecule is COCCN1C[C@@H]2CN(Cc3ccncc3)C[C@@H]2C1=O. The second-order valence-corrected chi connectivity index (χ2v) is 5.69. The van der Waals surface area contributed by atoms with Crippen LogP contribution in [0.3, 0.4) is 0 Å². The Morgan fingerprint density at radius 1 is 1.30 bits per heavy atom. The van der Waals surface area contributed by atoms with Crippen LogP contribution in [0.25, 0.3) is 0 Å². The van der Waals surface area contributed by atoms with E-state index in [2.05, 4.69) is 9.88 Å². The molecular formula is C15H21N3O2. The number of aromatic nitrogens is 1. The zero-order valence-electron chi connectivity index (χ0n) is 11.9. The Labute approximate surface area is 119 Å². The van der Waals surface area contributed by atoms with Gasteiger partial charge in [-0.15, -0.1) is 0 Å². The summed E-state index contributed by atoms with van der Waals surface area (Å²) in [6.45, 7) is 5.07. The van der Waals surface area contributed by atoms with Crippen molar-refractivity contribution < 1.29 is 9.53 Å². The van der Waals surface area contributed by atoms with E-state index in [0.29, 0.717) is 18.4 Å². The highest BCUT2D eigenvalue weighted by Gasteiger charge is 2.45. The Balaban J connectivity index is 1.56. The molecule has 0 spiro atoms. The van der Waals surface area contributed by atoms with E-state index in [1.165, 1.54) is 5.56 Å². The number of carbonyl (C=O) groups excluding carboxylic acids is 1. The minimum absolute atomic E-state index is 0.189. The molecule has 1 aromatic heterocycles. The number of ether oxygens (including phenoxy) is 1. The van der Waals surface area contributed by atoms with Crippen LogP contribution in [0.5, 0.6) is 0 Å². The zero-order valence-corrected chi connectivity index (χ0v) is 11.9.